The SMILES string of the molecule is CC(=O)OCOC(=O)Nc1ncnn2c([C@]3(C#N)O[C@H](COC(=O)Cc4ccccc4)[C@@H](OC(=O)[C@@H](N)C(C)C)[C@H]3O)ccc12. The quantitative estimate of drug-likeness (QED) is 0.153. The Labute approximate surface area is 257 Å². The summed E-state index contributed by atoms with van der Waals surface area (Å²) < 4.78 is 27.6. The van der Waals surface area contributed by atoms with Gasteiger partial charge in [0.15, 0.2) is 11.9 Å². The van der Waals surface area contributed by atoms with Crippen LogP contribution >= 0.6 is 0 Å². The van der Waals surface area contributed by atoms with Gasteiger partial charge in [0.1, 0.15) is 42.8 Å². The number of hydrogen-bond donors (Lipinski definition) is 3. The maximum atomic E-state index is 12.9. The van der Waals surface area contributed by atoms with Gasteiger partial charge in [-0.1, -0.05) is 44.2 Å². The fourth-order valence-corrected chi connectivity index (χ4v) is 4.52. The van der Waals surface area contributed by atoms with Crippen LogP contribution in [0.4, 0.5) is 10.6 Å². The summed E-state index contributed by atoms with van der Waals surface area (Å²) in [6.45, 7) is 3.45. The predicted octanol–water partition coefficient (Wildman–Crippen LogP) is 0.958. The van der Waals surface area contributed by atoms with E-state index in [0.29, 0.717) is 5.56 Å². The molecule has 45 heavy (non-hydrogen) atoms. The van der Waals surface area contributed by atoms with Gasteiger partial charge in [0.2, 0.25) is 12.4 Å². The van der Waals surface area contributed by atoms with Crippen LogP contribution in [0, 0.1) is 17.2 Å². The van der Waals surface area contributed by atoms with Crippen LogP contribution in [-0.2, 0) is 50.1 Å². The Hall–Kier alpha value is -5.11. The second kappa shape index (κ2) is 14.1. The highest BCUT2D eigenvalue weighted by molar-refractivity contribution is 5.88. The molecule has 1 aliphatic rings. The van der Waals surface area contributed by atoms with Crippen molar-refractivity contribution >= 4 is 35.3 Å². The molecule has 0 radical (unpaired) electrons. The Morgan fingerprint density at radius 1 is 1.16 bits per heavy atom. The molecule has 3 aromatic rings. The number of fused-ring (bicyclic) bond motifs is 1. The van der Waals surface area contributed by atoms with Gasteiger partial charge in [-0.05, 0) is 23.6 Å². The second-order valence-electron chi connectivity index (χ2n) is 10.4. The van der Waals surface area contributed by atoms with Gasteiger partial charge in [-0.25, -0.2) is 14.3 Å². The van der Waals surface area contributed by atoms with E-state index >= 15 is 0 Å². The maximum Gasteiger partial charge on any atom is 0.415 e. The molecule has 2 aromatic heterocycles. The Morgan fingerprint density at radius 2 is 1.89 bits per heavy atom. The molecule has 1 saturated heterocycles. The van der Waals surface area contributed by atoms with Gasteiger partial charge in [-0.3, -0.25) is 19.7 Å². The van der Waals surface area contributed by atoms with Crippen LogP contribution in [0.2, 0.25) is 0 Å². The van der Waals surface area contributed by atoms with E-state index in [1.807, 2.05) is 6.07 Å². The first-order valence-corrected chi connectivity index (χ1v) is 13.8. The van der Waals surface area contributed by atoms with Crippen LogP contribution in [0.5, 0.6) is 0 Å². The van der Waals surface area contributed by atoms with E-state index in [2.05, 4.69) is 20.1 Å². The molecule has 238 valence electrons. The van der Waals surface area contributed by atoms with Crippen molar-refractivity contribution in [2.24, 2.45) is 11.7 Å². The Balaban J connectivity index is 1.62. The van der Waals surface area contributed by atoms with E-state index in [0.717, 1.165) is 13.3 Å². The highest BCUT2D eigenvalue weighted by Crippen LogP contribution is 2.42. The van der Waals surface area contributed by atoms with E-state index in [1.165, 1.54) is 16.6 Å². The number of ether oxygens (including phenoxy) is 5. The number of hydrogen-bond acceptors (Lipinski definition) is 14. The fourth-order valence-electron chi connectivity index (χ4n) is 4.52. The van der Waals surface area contributed by atoms with Crippen molar-refractivity contribution in [3.63, 3.8) is 0 Å². The zero-order valence-corrected chi connectivity index (χ0v) is 24.6. The number of benzene rings is 1. The summed E-state index contributed by atoms with van der Waals surface area (Å²) in [5.74, 6) is -2.48. The van der Waals surface area contributed by atoms with E-state index in [4.69, 9.17) is 24.7 Å². The summed E-state index contributed by atoms with van der Waals surface area (Å²) in [7, 11) is 0. The molecular weight excluding hydrogens is 592 g/mol. The lowest BCUT2D eigenvalue weighted by Crippen LogP contribution is -2.46. The van der Waals surface area contributed by atoms with Crippen LogP contribution in [0.1, 0.15) is 32.0 Å². The van der Waals surface area contributed by atoms with Crippen molar-refractivity contribution in [3.8, 4) is 6.07 Å². The molecule has 1 fully saturated rings. The topological polar surface area (TPSA) is 227 Å². The average Bonchev–Trinajstić information content (AvgIpc) is 3.56. The number of aliphatic hydroxyl groups is 1. The molecule has 0 aliphatic carbocycles. The summed E-state index contributed by atoms with van der Waals surface area (Å²) in [6, 6.07) is 12.6. The lowest BCUT2D eigenvalue weighted by Gasteiger charge is -2.25. The van der Waals surface area contributed by atoms with Crippen LogP contribution in [-0.4, -0.2) is 81.5 Å². The van der Waals surface area contributed by atoms with E-state index in [9.17, 15) is 29.5 Å². The lowest BCUT2D eigenvalue weighted by molar-refractivity contribution is -0.162. The molecule has 3 heterocycles. The largest absolute Gasteiger partial charge is 0.463 e. The van der Waals surface area contributed by atoms with Crippen LogP contribution < -0.4 is 11.1 Å². The molecule has 0 bridgehead atoms. The minimum Gasteiger partial charge on any atom is -0.463 e. The third kappa shape index (κ3) is 7.34. The Bertz CT molecular complexity index is 1590. The zero-order chi connectivity index (χ0) is 32.7. The first-order chi connectivity index (χ1) is 21.5. The molecule has 5 atom stereocenters. The number of nitrogens with zero attached hydrogens (tertiary/aromatic N) is 4. The normalized spacial score (nSPS) is 21.5. The van der Waals surface area contributed by atoms with Gasteiger partial charge < -0.3 is 34.5 Å². The van der Waals surface area contributed by atoms with E-state index in [-0.39, 0.29) is 29.4 Å². The Morgan fingerprint density at radius 3 is 2.56 bits per heavy atom. The number of amides is 1. The molecule has 1 aromatic carbocycles. The highest BCUT2D eigenvalue weighted by atomic mass is 16.7. The number of esters is 3. The van der Waals surface area contributed by atoms with Gasteiger partial charge in [0.05, 0.1) is 12.1 Å². The average molecular weight is 625 g/mol. The maximum absolute atomic E-state index is 12.9. The third-order valence-electron chi connectivity index (χ3n) is 6.95. The fraction of sp³-hybridized carbons (Fsp3) is 0.414. The van der Waals surface area contributed by atoms with Crippen molar-refractivity contribution in [2.45, 2.75) is 57.1 Å². The van der Waals surface area contributed by atoms with Gasteiger partial charge in [-0.15, -0.1) is 0 Å². The van der Waals surface area contributed by atoms with Crippen molar-refractivity contribution in [2.75, 3.05) is 18.7 Å². The lowest BCUT2D eigenvalue weighted by atomic mass is 9.92. The van der Waals surface area contributed by atoms with Crippen LogP contribution in [0.3, 0.4) is 0 Å². The molecule has 4 N–H and O–H groups in total. The van der Waals surface area contributed by atoms with Crippen LogP contribution in [0.25, 0.3) is 5.52 Å². The first-order valence-electron chi connectivity index (χ1n) is 13.8. The summed E-state index contributed by atoms with van der Waals surface area (Å²) in [5.41, 5.74) is 4.62. The summed E-state index contributed by atoms with van der Waals surface area (Å²) in [5, 5.41) is 28.5. The molecule has 4 rings (SSSR count). The van der Waals surface area contributed by atoms with E-state index < -0.39 is 67.4 Å². The molecule has 0 saturated carbocycles. The van der Waals surface area contributed by atoms with Crippen LogP contribution in [0.15, 0.2) is 48.8 Å². The summed E-state index contributed by atoms with van der Waals surface area (Å²) in [4.78, 5) is 52.6. The van der Waals surface area contributed by atoms with Gasteiger partial charge >= 0.3 is 24.0 Å². The minimum absolute atomic E-state index is 0.0152. The van der Waals surface area contributed by atoms with Crippen molar-refractivity contribution < 1.29 is 48.0 Å². The predicted molar refractivity (Wildman–Crippen MR) is 152 cm³/mol. The molecule has 0 spiro atoms. The number of aromatic nitrogens is 3. The number of carbonyl (C=O) groups excluding carboxylic acids is 4. The summed E-state index contributed by atoms with van der Waals surface area (Å²) in [6.07, 6.45) is -4.57. The Kier molecular flexibility index (Phi) is 10.3. The zero-order valence-electron chi connectivity index (χ0n) is 24.6. The number of nitrogens with one attached hydrogen (secondary N) is 1. The van der Waals surface area contributed by atoms with Gasteiger partial charge in [-0.2, -0.15) is 10.4 Å². The molecule has 16 heteroatoms. The number of nitriles is 1. The molecular formula is C29H32N6O10. The van der Waals surface area contributed by atoms with Crippen molar-refractivity contribution in [1.82, 2.24) is 14.6 Å². The highest BCUT2D eigenvalue weighted by Gasteiger charge is 2.60. The number of rotatable bonds is 11. The number of aliphatic hydroxyl groups excluding tert-OH is 1. The van der Waals surface area contributed by atoms with Gasteiger partial charge in [0.25, 0.3) is 0 Å². The molecule has 0 unspecified atom stereocenters. The number of anilines is 1. The monoisotopic (exact) mass is 624 g/mol. The van der Waals surface area contributed by atoms with Crippen molar-refractivity contribution in [3.05, 3.63) is 60.0 Å². The first kappa shape index (κ1) is 32.8. The summed E-state index contributed by atoms with van der Waals surface area (Å²) >= 11 is 0. The standard InChI is InChI=1S/C29H32N6O10/c1-16(2)23(31)27(39)44-24-20(12-41-22(37)11-18-7-5-4-6-8-18)45-29(13-30,25(24)38)21-10-9-19-26(32-14-33-35(19)21)34-28(40)43-15-42-17(3)36/h4-10,14,16,20,23-25,38H,11-12,15,31H2,1-3H3,(H,32,33,34,40)/t20-,23+,24-,25-,29+/m1/s1. The number of carbonyl (C=O) groups is 4. The smallest absolute Gasteiger partial charge is 0.415 e. The van der Waals surface area contributed by atoms with Gasteiger partial charge in [0, 0.05) is 6.92 Å². The molecule has 16 nitrogen and oxygen atoms in total. The molecule has 1 aliphatic heterocycles. The molecule has 1 amide bonds. The van der Waals surface area contributed by atoms with E-state index in [1.54, 1.807) is 44.2 Å². The number of nitrogens with two attached hydrogens (primary N) is 1. The van der Waals surface area contributed by atoms with Crippen molar-refractivity contribution in [1.29, 1.82) is 5.26 Å². The minimum atomic E-state index is -2.20. The second-order valence-corrected chi connectivity index (χ2v) is 10.4. The third-order valence-corrected chi connectivity index (χ3v) is 6.95.